The number of aliphatic hydroxyl groups is 1. The number of hydrogen-bond donors (Lipinski definition) is 2. The molecule has 1 fully saturated rings. The highest BCUT2D eigenvalue weighted by molar-refractivity contribution is 5.78. The van der Waals surface area contributed by atoms with Crippen LogP contribution in [-0.4, -0.2) is 34.6 Å². The second-order valence-corrected chi connectivity index (χ2v) is 5.65. The predicted octanol–water partition coefficient (Wildman–Crippen LogP) is 1.57. The van der Waals surface area contributed by atoms with E-state index >= 15 is 0 Å². The lowest BCUT2D eigenvalue weighted by Crippen LogP contribution is -2.34. The Morgan fingerprint density at radius 3 is 2.68 bits per heavy atom. The number of likely N-dealkylation sites (tertiary alicyclic amines) is 1. The quantitative estimate of drug-likeness (QED) is 0.795. The summed E-state index contributed by atoms with van der Waals surface area (Å²) in [5.74, 6) is 0.127. The molecule has 19 heavy (non-hydrogen) atoms. The standard InChI is InChI=1S/C15H22N2O2/c1-15(19)7-2-9-17(10-8-15)14(18)11-12-3-5-13(16)6-4-12/h3-6,19H,2,7-11,16H2,1H3. The molecule has 4 nitrogen and oxygen atoms in total. The van der Waals surface area contributed by atoms with Gasteiger partial charge in [0, 0.05) is 18.8 Å². The number of carbonyl (C=O) groups is 1. The Morgan fingerprint density at radius 1 is 1.32 bits per heavy atom. The Bertz CT molecular complexity index is 440. The molecule has 104 valence electrons. The van der Waals surface area contributed by atoms with E-state index in [-0.39, 0.29) is 5.91 Å². The Morgan fingerprint density at radius 2 is 2.00 bits per heavy atom. The number of nitrogens with two attached hydrogens (primary N) is 1. The molecule has 0 aromatic heterocycles. The molecule has 1 aromatic rings. The van der Waals surface area contributed by atoms with Gasteiger partial charge in [-0.25, -0.2) is 0 Å². The summed E-state index contributed by atoms with van der Waals surface area (Å²) in [4.78, 5) is 14.1. The molecule has 1 aliphatic rings. The van der Waals surface area contributed by atoms with E-state index in [2.05, 4.69) is 0 Å². The Hall–Kier alpha value is -1.55. The van der Waals surface area contributed by atoms with Crippen LogP contribution >= 0.6 is 0 Å². The summed E-state index contributed by atoms with van der Waals surface area (Å²) in [6, 6.07) is 7.41. The molecule has 2 rings (SSSR count). The number of hydrogen-bond acceptors (Lipinski definition) is 3. The predicted molar refractivity (Wildman–Crippen MR) is 75.6 cm³/mol. The van der Waals surface area contributed by atoms with Crippen molar-refractivity contribution in [1.29, 1.82) is 0 Å². The van der Waals surface area contributed by atoms with E-state index < -0.39 is 5.60 Å². The van der Waals surface area contributed by atoms with E-state index in [1.807, 2.05) is 36.1 Å². The molecule has 0 bridgehead atoms. The van der Waals surface area contributed by atoms with Gasteiger partial charge in [-0.05, 0) is 43.9 Å². The minimum atomic E-state index is -0.629. The van der Waals surface area contributed by atoms with Crippen LogP contribution in [0.5, 0.6) is 0 Å². The van der Waals surface area contributed by atoms with Crippen molar-refractivity contribution in [3.05, 3.63) is 29.8 Å². The number of carbonyl (C=O) groups excluding carboxylic acids is 1. The first-order chi connectivity index (χ1) is 8.96. The molecule has 1 atom stereocenters. The van der Waals surface area contributed by atoms with Crippen LogP contribution in [0, 0.1) is 0 Å². The van der Waals surface area contributed by atoms with E-state index in [0.29, 0.717) is 25.1 Å². The Kier molecular flexibility index (Phi) is 4.10. The average molecular weight is 262 g/mol. The number of amides is 1. The van der Waals surface area contributed by atoms with Crippen molar-refractivity contribution in [2.24, 2.45) is 0 Å². The molecule has 0 radical (unpaired) electrons. The lowest BCUT2D eigenvalue weighted by Gasteiger charge is -2.22. The number of nitrogens with zero attached hydrogens (tertiary/aromatic N) is 1. The Balaban J connectivity index is 1.94. The highest BCUT2D eigenvalue weighted by Crippen LogP contribution is 2.21. The molecular weight excluding hydrogens is 240 g/mol. The maximum atomic E-state index is 12.2. The molecular formula is C15H22N2O2. The van der Waals surface area contributed by atoms with Crippen LogP contribution in [0.1, 0.15) is 31.7 Å². The highest BCUT2D eigenvalue weighted by Gasteiger charge is 2.26. The molecule has 1 amide bonds. The van der Waals surface area contributed by atoms with Crippen molar-refractivity contribution in [2.75, 3.05) is 18.8 Å². The van der Waals surface area contributed by atoms with Crippen LogP contribution in [0.2, 0.25) is 0 Å². The van der Waals surface area contributed by atoms with Gasteiger partial charge in [0.1, 0.15) is 0 Å². The summed E-state index contributed by atoms with van der Waals surface area (Å²) < 4.78 is 0. The summed E-state index contributed by atoms with van der Waals surface area (Å²) in [6.07, 6.45) is 2.68. The van der Waals surface area contributed by atoms with Gasteiger partial charge < -0.3 is 15.7 Å². The third kappa shape index (κ3) is 3.96. The maximum absolute atomic E-state index is 12.2. The lowest BCUT2D eigenvalue weighted by atomic mass is 9.98. The van der Waals surface area contributed by atoms with Gasteiger partial charge in [-0.3, -0.25) is 4.79 Å². The van der Waals surface area contributed by atoms with Gasteiger partial charge in [-0.2, -0.15) is 0 Å². The average Bonchev–Trinajstić information content (AvgIpc) is 2.53. The molecule has 1 aromatic carbocycles. The van der Waals surface area contributed by atoms with Crippen molar-refractivity contribution < 1.29 is 9.90 Å². The smallest absolute Gasteiger partial charge is 0.226 e. The number of anilines is 1. The first-order valence-electron chi connectivity index (χ1n) is 6.81. The minimum absolute atomic E-state index is 0.127. The van der Waals surface area contributed by atoms with Crippen LogP contribution in [0.3, 0.4) is 0 Å². The monoisotopic (exact) mass is 262 g/mol. The Labute approximate surface area is 114 Å². The largest absolute Gasteiger partial charge is 0.399 e. The number of nitrogen functional groups attached to an aromatic ring is 1. The van der Waals surface area contributed by atoms with E-state index in [1.54, 1.807) is 0 Å². The van der Waals surface area contributed by atoms with Gasteiger partial charge in [-0.1, -0.05) is 12.1 Å². The third-order valence-corrected chi connectivity index (χ3v) is 3.75. The van der Waals surface area contributed by atoms with Gasteiger partial charge in [0.2, 0.25) is 5.91 Å². The van der Waals surface area contributed by atoms with E-state index in [4.69, 9.17) is 5.73 Å². The molecule has 1 unspecified atom stereocenters. The zero-order valence-corrected chi connectivity index (χ0v) is 11.4. The molecule has 3 N–H and O–H groups in total. The zero-order valence-electron chi connectivity index (χ0n) is 11.4. The van der Waals surface area contributed by atoms with E-state index in [0.717, 1.165) is 24.9 Å². The van der Waals surface area contributed by atoms with Crippen LogP contribution < -0.4 is 5.73 Å². The van der Waals surface area contributed by atoms with E-state index in [9.17, 15) is 9.90 Å². The zero-order chi connectivity index (χ0) is 13.9. The third-order valence-electron chi connectivity index (χ3n) is 3.75. The highest BCUT2D eigenvalue weighted by atomic mass is 16.3. The molecule has 1 aliphatic heterocycles. The normalized spacial score (nSPS) is 24.0. The molecule has 4 heteroatoms. The van der Waals surface area contributed by atoms with E-state index in [1.165, 1.54) is 0 Å². The van der Waals surface area contributed by atoms with Gasteiger partial charge in [-0.15, -0.1) is 0 Å². The first-order valence-corrected chi connectivity index (χ1v) is 6.81. The van der Waals surface area contributed by atoms with Gasteiger partial charge >= 0.3 is 0 Å². The van der Waals surface area contributed by atoms with Gasteiger partial charge in [0.15, 0.2) is 0 Å². The second-order valence-electron chi connectivity index (χ2n) is 5.65. The molecule has 1 saturated heterocycles. The van der Waals surface area contributed by atoms with Crippen molar-refractivity contribution in [2.45, 2.75) is 38.2 Å². The fraction of sp³-hybridized carbons (Fsp3) is 0.533. The minimum Gasteiger partial charge on any atom is -0.399 e. The molecule has 0 spiro atoms. The summed E-state index contributed by atoms with van der Waals surface area (Å²) >= 11 is 0. The second kappa shape index (κ2) is 5.61. The molecule has 0 aliphatic carbocycles. The molecule has 1 heterocycles. The fourth-order valence-corrected chi connectivity index (χ4v) is 2.43. The number of benzene rings is 1. The van der Waals surface area contributed by atoms with Crippen LogP contribution in [0.4, 0.5) is 5.69 Å². The fourth-order valence-electron chi connectivity index (χ4n) is 2.43. The first kappa shape index (κ1) is 13.9. The molecule has 0 saturated carbocycles. The summed E-state index contributed by atoms with van der Waals surface area (Å²) in [5.41, 5.74) is 6.69. The lowest BCUT2D eigenvalue weighted by molar-refractivity contribution is -0.130. The summed E-state index contributed by atoms with van der Waals surface area (Å²) in [5, 5.41) is 10.0. The van der Waals surface area contributed by atoms with Gasteiger partial charge in [0.05, 0.1) is 12.0 Å². The van der Waals surface area contributed by atoms with Crippen molar-refractivity contribution in [3.8, 4) is 0 Å². The van der Waals surface area contributed by atoms with Crippen LogP contribution in [-0.2, 0) is 11.2 Å². The maximum Gasteiger partial charge on any atom is 0.226 e. The van der Waals surface area contributed by atoms with Gasteiger partial charge in [0.25, 0.3) is 0 Å². The SMILES string of the molecule is CC1(O)CCCN(C(=O)Cc2ccc(N)cc2)CC1. The number of rotatable bonds is 2. The van der Waals surface area contributed by atoms with Crippen molar-refractivity contribution >= 4 is 11.6 Å². The van der Waals surface area contributed by atoms with Crippen molar-refractivity contribution in [3.63, 3.8) is 0 Å². The topological polar surface area (TPSA) is 66.6 Å². The summed E-state index contributed by atoms with van der Waals surface area (Å²) in [6.45, 7) is 3.23. The summed E-state index contributed by atoms with van der Waals surface area (Å²) in [7, 11) is 0. The van der Waals surface area contributed by atoms with Crippen LogP contribution in [0.25, 0.3) is 0 Å². The van der Waals surface area contributed by atoms with Crippen LogP contribution in [0.15, 0.2) is 24.3 Å². The van der Waals surface area contributed by atoms with Crippen molar-refractivity contribution in [1.82, 2.24) is 4.90 Å².